The predicted octanol–water partition coefficient (Wildman–Crippen LogP) is 2.44. The van der Waals surface area contributed by atoms with Gasteiger partial charge < -0.3 is 10.3 Å². The third-order valence-electron chi connectivity index (χ3n) is 2.11. The maximum absolute atomic E-state index is 5.89. The van der Waals surface area contributed by atoms with Crippen molar-refractivity contribution < 1.29 is 4.52 Å². The first-order valence-corrected chi connectivity index (χ1v) is 5.21. The van der Waals surface area contributed by atoms with Crippen LogP contribution in [0.4, 0.5) is 0 Å². The third-order valence-corrected chi connectivity index (χ3v) is 2.11. The van der Waals surface area contributed by atoms with Gasteiger partial charge in [0.15, 0.2) is 0 Å². The summed E-state index contributed by atoms with van der Waals surface area (Å²) >= 11 is 0. The van der Waals surface area contributed by atoms with Crippen molar-refractivity contribution in [3.8, 4) is 11.4 Å². The average molecular weight is 254 g/mol. The van der Waals surface area contributed by atoms with Crippen LogP contribution in [0.2, 0.25) is 0 Å². The summed E-state index contributed by atoms with van der Waals surface area (Å²) in [7, 11) is 0. The number of nitrogens with zero attached hydrogens (tertiary/aromatic N) is 2. The molecule has 0 amide bonds. The number of rotatable bonds is 3. The van der Waals surface area contributed by atoms with E-state index in [0.717, 1.165) is 5.56 Å². The van der Waals surface area contributed by atoms with E-state index in [1.807, 2.05) is 44.2 Å². The zero-order valence-corrected chi connectivity index (χ0v) is 10.7. The van der Waals surface area contributed by atoms with Crippen LogP contribution in [0.3, 0.4) is 0 Å². The van der Waals surface area contributed by atoms with Crippen LogP contribution < -0.4 is 5.73 Å². The van der Waals surface area contributed by atoms with Crippen molar-refractivity contribution >= 4 is 12.4 Å². The Hall–Kier alpha value is -1.39. The van der Waals surface area contributed by atoms with E-state index in [1.54, 1.807) is 0 Å². The van der Waals surface area contributed by atoms with Gasteiger partial charge in [-0.05, 0) is 13.8 Å². The third kappa shape index (κ3) is 3.84. The second kappa shape index (κ2) is 5.29. The van der Waals surface area contributed by atoms with E-state index in [4.69, 9.17) is 10.3 Å². The van der Waals surface area contributed by atoms with E-state index in [9.17, 15) is 0 Å². The van der Waals surface area contributed by atoms with Gasteiger partial charge in [0, 0.05) is 17.5 Å². The molecule has 1 aromatic heterocycles. The Morgan fingerprint density at radius 2 is 1.88 bits per heavy atom. The van der Waals surface area contributed by atoms with E-state index in [1.165, 1.54) is 0 Å². The Morgan fingerprint density at radius 3 is 2.47 bits per heavy atom. The number of halogens is 1. The van der Waals surface area contributed by atoms with Gasteiger partial charge in [-0.3, -0.25) is 0 Å². The summed E-state index contributed by atoms with van der Waals surface area (Å²) in [5, 5.41) is 3.93. The Labute approximate surface area is 107 Å². The highest BCUT2D eigenvalue weighted by Gasteiger charge is 2.17. The molecule has 5 heteroatoms. The highest BCUT2D eigenvalue weighted by molar-refractivity contribution is 5.85. The molecule has 0 bridgehead atoms. The standard InChI is InChI=1S/C12H15N3O.ClH/c1-12(2,13)8-10-14-11(15-16-10)9-6-4-3-5-7-9;/h3-7H,8,13H2,1-2H3;1H. The molecule has 0 aliphatic heterocycles. The number of hydrogen-bond acceptors (Lipinski definition) is 4. The van der Waals surface area contributed by atoms with Gasteiger partial charge in [-0.15, -0.1) is 12.4 Å². The Bertz CT molecular complexity index is 462. The van der Waals surface area contributed by atoms with Gasteiger partial charge >= 0.3 is 0 Å². The van der Waals surface area contributed by atoms with Crippen LogP contribution in [0.5, 0.6) is 0 Å². The van der Waals surface area contributed by atoms with Crippen molar-refractivity contribution in [1.82, 2.24) is 10.1 Å². The van der Waals surface area contributed by atoms with Crippen LogP contribution in [-0.4, -0.2) is 15.7 Å². The molecule has 0 unspecified atom stereocenters. The lowest BCUT2D eigenvalue weighted by Gasteiger charge is -2.14. The Morgan fingerprint density at radius 1 is 1.24 bits per heavy atom. The molecule has 0 radical (unpaired) electrons. The quantitative estimate of drug-likeness (QED) is 0.913. The van der Waals surface area contributed by atoms with E-state index in [2.05, 4.69) is 10.1 Å². The molecular formula is C12H16ClN3O. The Balaban J connectivity index is 0.00000144. The maximum atomic E-state index is 5.89. The monoisotopic (exact) mass is 253 g/mol. The van der Waals surface area contributed by atoms with E-state index < -0.39 is 0 Å². The van der Waals surface area contributed by atoms with Crippen LogP contribution >= 0.6 is 12.4 Å². The van der Waals surface area contributed by atoms with Gasteiger partial charge in [-0.25, -0.2) is 0 Å². The number of aromatic nitrogens is 2. The fraction of sp³-hybridized carbons (Fsp3) is 0.333. The zero-order chi connectivity index (χ0) is 11.6. The molecule has 2 aromatic rings. The van der Waals surface area contributed by atoms with Crippen LogP contribution in [0.25, 0.3) is 11.4 Å². The highest BCUT2D eigenvalue weighted by atomic mass is 35.5. The summed E-state index contributed by atoms with van der Waals surface area (Å²) in [5.41, 5.74) is 6.51. The summed E-state index contributed by atoms with van der Waals surface area (Å²) < 4.78 is 5.15. The van der Waals surface area contributed by atoms with Gasteiger partial charge in [0.1, 0.15) is 0 Å². The van der Waals surface area contributed by atoms with E-state index in [0.29, 0.717) is 18.1 Å². The number of hydrogen-bond donors (Lipinski definition) is 1. The van der Waals surface area contributed by atoms with Crippen molar-refractivity contribution in [3.63, 3.8) is 0 Å². The fourth-order valence-corrected chi connectivity index (χ4v) is 1.42. The molecule has 17 heavy (non-hydrogen) atoms. The summed E-state index contributed by atoms with van der Waals surface area (Å²) in [4.78, 5) is 4.31. The second-order valence-corrected chi connectivity index (χ2v) is 4.54. The normalized spacial score (nSPS) is 11.0. The van der Waals surface area contributed by atoms with Gasteiger partial charge in [0.05, 0.1) is 0 Å². The van der Waals surface area contributed by atoms with E-state index in [-0.39, 0.29) is 17.9 Å². The lowest BCUT2D eigenvalue weighted by molar-refractivity contribution is 0.348. The molecule has 2 rings (SSSR count). The second-order valence-electron chi connectivity index (χ2n) is 4.54. The molecule has 92 valence electrons. The molecule has 0 aliphatic carbocycles. The predicted molar refractivity (Wildman–Crippen MR) is 69.0 cm³/mol. The summed E-state index contributed by atoms with van der Waals surface area (Å²) in [6.07, 6.45) is 0.576. The molecule has 4 nitrogen and oxygen atoms in total. The van der Waals surface area contributed by atoms with Crippen molar-refractivity contribution in [2.75, 3.05) is 0 Å². The van der Waals surface area contributed by atoms with Gasteiger partial charge in [0.25, 0.3) is 0 Å². The molecule has 1 heterocycles. The molecule has 0 atom stereocenters. The van der Waals surface area contributed by atoms with Crippen molar-refractivity contribution in [1.29, 1.82) is 0 Å². The molecule has 0 fully saturated rings. The van der Waals surface area contributed by atoms with Gasteiger partial charge in [-0.2, -0.15) is 4.98 Å². The SMILES string of the molecule is CC(C)(N)Cc1nc(-c2ccccc2)no1.Cl. The Kier molecular flexibility index (Phi) is 4.26. The topological polar surface area (TPSA) is 64.9 Å². The highest BCUT2D eigenvalue weighted by Crippen LogP contribution is 2.16. The van der Waals surface area contributed by atoms with Crippen LogP contribution in [-0.2, 0) is 6.42 Å². The summed E-state index contributed by atoms with van der Waals surface area (Å²) in [5.74, 6) is 1.19. The first-order valence-electron chi connectivity index (χ1n) is 5.21. The first kappa shape index (κ1) is 13.7. The lowest BCUT2D eigenvalue weighted by atomic mass is 10.0. The van der Waals surface area contributed by atoms with Crippen molar-refractivity contribution in [3.05, 3.63) is 36.2 Å². The minimum absolute atomic E-state index is 0. The molecule has 0 spiro atoms. The minimum atomic E-state index is -0.333. The van der Waals surface area contributed by atoms with E-state index >= 15 is 0 Å². The zero-order valence-electron chi connectivity index (χ0n) is 9.88. The number of benzene rings is 1. The smallest absolute Gasteiger partial charge is 0.228 e. The molecule has 1 aromatic carbocycles. The molecule has 0 aliphatic rings. The molecular weight excluding hydrogens is 238 g/mol. The first-order chi connectivity index (χ1) is 7.54. The molecule has 0 saturated heterocycles. The minimum Gasteiger partial charge on any atom is -0.339 e. The molecule has 2 N–H and O–H groups in total. The number of nitrogens with two attached hydrogens (primary N) is 1. The summed E-state index contributed by atoms with van der Waals surface area (Å²) in [6.45, 7) is 3.86. The lowest BCUT2D eigenvalue weighted by Crippen LogP contribution is -2.34. The molecule has 0 saturated carbocycles. The van der Waals surface area contributed by atoms with Crippen molar-refractivity contribution in [2.24, 2.45) is 5.73 Å². The average Bonchev–Trinajstić information content (AvgIpc) is 2.65. The van der Waals surface area contributed by atoms with Gasteiger partial charge in [0.2, 0.25) is 11.7 Å². The van der Waals surface area contributed by atoms with Crippen LogP contribution in [0.1, 0.15) is 19.7 Å². The largest absolute Gasteiger partial charge is 0.339 e. The van der Waals surface area contributed by atoms with Crippen LogP contribution in [0, 0.1) is 0 Å². The summed E-state index contributed by atoms with van der Waals surface area (Å²) in [6, 6.07) is 9.73. The van der Waals surface area contributed by atoms with Crippen LogP contribution in [0.15, 0.2) is 34.9 Å². The van der Waals surface area contributed by atoms with Crippen molar-refractivity contribution in [2.45, 2.75) is 25.8 Å². The maximum Gasteiger partial charge on any atom is 0.228 e. The fourth-order valence-electron chi connectivity index (χ4n) is 1.42. The van der Waals surface area contributed by atoms with Gasteiger partial charge in [-0.1, -0.05) is 35.5 Å².